The highest BCUT2D eigenvalue weighted by Crippen LogP contribution is 2.12. The molecule has 0 saturated carbocycles. The third-order valence-corrected chi connectivity index (χ3v) is 3.05. The molecule has 1 aliphatic heterocycles. The Balaban J connectivity index is 2.32. The smallest absolute Gasteiger partial charge is 0.263 e. The highest BCUT2D eigenvalue weighted by atomic mass is 127. The van der Waals surface area contributed by atoms with E-state index in [2.05, 4.69) is 33.2 Å². The molecule has 6 heteroatoms. The van der Waals surface area contributed by atoms with Gasteiger partial charge in [-0.3, -0.25) is 20.2 Å². The van der Waals surface area contributed by atoms with Crippen molar-refractivity contribution in [2.45, 2.75) is 0 Å². The molecule has 4 nitrogen and oxygen atoms in total. The fraction of sp³-hybridized carbons (Fsp3) is 0. The minimum atomic E-state index is -0.475. The third kappa shape index (κ3) is 2.89. The largest absolute Gasteiger partial charge is 0.299 e. The first kappa shape index (κ1) is 12.2. The molecular formula is C11H7IN2O2S. The van der Waals surface area contributed by atoms with Crippen molar-refractivity contribution < 1.29 is 9.59 Å². The number of amides is 2. The van der Waals surface area contributed by atoms with Crippen LogP contribution in [0.2, 0.25) is 0 Å². The summed E-state index contributed by atoms with van der Waals surface area (Å²) < 4.78 is 1.09. The maximum absolute atomic E-state index is 11.6. The molecule has 86 valence electrons. The van der Waals surface area contributed by atoms with Gasteiger partial charge in [0.2, 0.25) is 0 Å². The summed E-state index contributed by atoms with van der Waals surface area (Å²) in [4.78, 5) is 23.1. The number of thiocarbonyl (C=S) groups is 1. The molecular weight excluding hydrogens is 351 g/mol. The second-order valence-electron chi connectivity index (χ2n) is 3.35. The molecule has 0 radical (unpaired) electrons. The molecule has 1 heterocycles. The van der Waals surface area contributed by atoms with Crippen LogP contribution in [-0.2, 0) is 9.59 Å². The zero-order valence-corrected chi connectivity index (χ0v) is 11.5. The van der Waals surface area contributed by atoms with Gasteiger partial charge in [-0.1, -0.05) is 12.1 Å². The van der Waals surface area contributed by atoms with E-state index in [0.717, 1.165) is 9.13 Å². The lowest BCUT2D eigenvalue weighted by atomic mass is 10.1. The number of carbonyl (C=O) groups excluding carboxylic acids is 2. The van der Waals surface area contributed by atoms with Crippen LogP contribution in [0.5, 0.6) is 0 Å². The highest BCUT2D eigenvalue weighted by molar-refractivity contribution is 14.1. The van der Waals surface area contributed by atoms with Gasteiger partial charge in [-0.15, -0.1) is 0 Å². The monoisotopic (exact) mass is 358 g/mol. The van der Waals surface area contributed by atoms with Gasteiger partial charge in [0.15, 0.2) is 5.11 Å². The summed E-state index contributed by atoms with van der Waals surface area (Å²) in [5, 5.41) is 4.81. The second-order valence-corrected chi connectivity index (χ2v) is 5.00. The molecule has 0 bridgehead atoms. The molecule has 1 aromatic carbocycles. The predicted octanol–water partition coefficient (Wildman–Crippen LogP) is 1.21. The number of nitrogens with one attached hydrogen (secondary N) is 2. The second kappa shape index (κ2) is 4.92. The van der Waals surface area contributed by atoms with E-state index in [1.54, 1.807) is 0 Å². The SMILES string of the molecule is O=C1NC(=S)NC(=O)C1=Cc1ccc(I)cc1. The van der Waals surface area contributed by atoms with Gasteiger partial charge in [-0.05, 0) is 58.6 Å². The van der Waals surface area contributed by atoms with E-state index in [9.17, 15) is 9.59 Å². The molecule has 0 aromatic heterocycles. The Bertz CT molecular complexity index is 515. The quantitative estimate of drug-likeness (QED) is 0.343. The van der Waals surface area contributed by atoms with Crippen LogP contribution >= 0.6 is 34.8 Å². The fourth-order valence-electron chi connectivity index (χ4n) is 1.33. The summed E-state index contributed by atoms with van der Waals surface area (Å²) >= 11 is 6.88. The first-order valence-corrected chi connectivity index (χ1v) is 6.19. The van der Waals surface area contributed by atoms with Crippen molar-refractivity contribution in [1.82, 2.24) is 10.6 Å². The van der Waals surface area contributed by atoms with Crippen molar-refractivity contribution in [1.29, 1.82) is 0 Å². The topological polar surface area (TPSA) is 58.2 Å². The zero-order chi connectivity index (χ0) is 12.4. The summed E-state index contributed by atoms with van der Waals surface area (Å²) in [7, 11) is 0. The van der Waals surface area contributed by atoms with Crippen LogP contribution in [0.3, 0.4) is 0 Å². The van der Waals surface area contributed by atoms with Gasteiger partial charge in [-0.25, -0.2) is 0 Å². The Morgan fingerprint density at radius 1 is 1.06 bits per heavy atom. The van der Waals surface area contributed by atoms with Crippen LogP contribution in [0, 0.1) is 3.57 Å². The van der Waals surface area contributed by atoms with Crippen LogP contribution in [0.25, 0.3) is 6.08 Å². The first-order valence-electron chi connectivity index (χ1n) is 4.70. The van der Waals surface area contributed by atoms with Gasteiger partial charge in [0.25, 0.3) is 11.8 Å². The van der Waals surface area contributed by atoms with Crippen molar-refractivity contribution in [2.75, 3.05) is 0 Å². The Kier molecular flexibility index (Phi) is 3.53. The van der Waals surface area contributed by atoms with Gasteiger partial charge >= 0.3 is 0 Å². The number of benzene rings is 1. The average Bonchev–Trinajstić information content (AvgIpc) is 2.26. The molecule has 2 rings (SSSR count). The minimum absolute atomic E-state index is 0.0414. The molecule has 0 spiro atoms. The fourth-order valence-corrected chi connectivity index (χ4v) is 1.88. The normalized spacial score (nSPS) is 15.4. The maximum Gasteiger partial charge on any atom is 0.263 e. The van der Waals surface area contributed by atoms with Crippen molar-refractivity contribution in [3.8, 4) is 0 Å². The van der Waals surface area contributed by atoms with Gasteiger partial charge in [-0.2, -0.15) is 0 Å². The van der Waals surface area contributed by atoms with E-state index in [1.165, 1.54) is 6.08 Å². The van der Waals surface area contributed by atoms with Crippen molar-refractivity contribution >= 4 is 57.8 Å². The summed E-state index contributed by atoms with van der Waals surface area (Å²) in [6, 6.07) is 7.47. The van der Waals surface area contributed by atoms with E-state index < -0.39 is 11.8 Å². The van der Waals surface area contributed by atoms with Crippen LogP contribution in [0.4, 0.5) is 0 Å². The van der Waals surface area contributed by atoms with Gasteiger partial charge in [0.1, 0.15) is 5.57 Å². The Morgan fingerprint density at radius 3 is 2.12 bits per heavy atom. The molecule has 0 aliphatic carbocycles. The van der Waals surface area contributed by atoms with E-state index in [0.29, 0.717) is 0 Å². The van der Waals surface area contributed by atoms with E-state index >= 15 is 0 Å². The summed E-state index contributed by atoms with van der Waals surface area (Å²) in [6.07, 6.45) is 1.53. The molecule has 0 atom stereocenters. The van der Waals surface area contributed by atoms with Gasteiger partial charge in [0, 0.05) is 3.57 Å². The molecule has 2 N–H and O–H groups in total. The van der Waals surface area contributed by atoms with E-state index in [1.807, 2.05) is 24.3 Å². The lowest BCUT2D eigenvalue weighted by Crippen LogP contribution is -2.51. The average molecular weight is 358 g/mol. The zero-order valence-electron chi connectivity index (χ0n) is 8.49. The van der Waals surface area contributed by atoms with Crippen LogP contribution in [0.15, 0.2) is 29.8 Å². The lowest BCUT2D eigenvalue weighted by molar-refractivity contribution is -0.123. The van der Waals surface area contributed by atoms with Crippen molar-refractivity contribution in [2.24, 2.45) is 0 Å². The summed E-state index contributed by atoms with van der Waals surface area (Å²) in [5.74, 6) is -0.949. The Labute approximate surface area is 117 Å². The summed E-state index contributed by atoms with van der Waals surface area (Å²) in [6.45, 7) is 0. The molecule has 0 unspecified atom stereocenters. The van der Waals surface area contributed by atoms with Crippen LogP contribution < -0.4 is 10.6 Å². The molecule has 1 saturated heterocycles. The van der Waals surface area contributed by atoms with E-state index in [-0.39, 0.29) is 10.7 Å². The lowest BCUT2D eigenvalue weighted by Gasteiger charge is -2.16. The molecule has 2 amide bonds. The first-order chi connectivity index (χ1) is 8.06. The molecule has 1 aliphatic rings. The number of halogens is 1. The van der Waals surface area contributed by atoms with Gasteiger partial charge < -0.3 is 0 Å². The number of rotatable bonds is 1. The van der Waals surface area contributed by atoms with Crippen LogP contribution in [-0.4, -0.2) is 16.9 Å². The number of carbonyl (C=O) groups is 2. The van der Waals surface area contributed by atoms with Crippen molar-refractivity contribution in [3.63, 3.8) is 0 Å². The minimum Gasteiger partial charge on any atom is -0.299 e. The van der Waals surface area contributed by atoms with E-state index in [4.69, 9.17) is 12.2 Å². The standard InChI is InChI=1S/C11H7IN2O2S/c12-7-3-1-6(2-4-7)5-8-9(15)13-11(17)14-10(8)16/h1-5H,(H2,13,14,15,16,17). The van der Waals surface area contributed by atoms with Crippen LogP contribution in [0.1, 0.15) is 5.56 Å². The molecule has 17 heavy (non-hydrogen) atoms. The van der Waals surface area contributed by atoms with Gasteiger partial charge in [0.05, 0.1) is 0 Å². The molecule has 1 aromatic rings. The van der Waals surface area contributed by atoms with Crippen molar-refractivity contribution in [3.05, 3.63) is 39.0 Å². The third-order valence-electron chi connectivity index (χ3n) is 2.12. The molecule has 1 fully saturated rings. The number of hydrogen-bond acceptors (Lipinski definition) is 3. The maximum atomic E-state index is 11.6. The number of hydrogen-bond donors (Lipinski definition) is 2. The Morgan fingerprint density at radius 2 is 1.59 bits per heavy atom. The predicted molar refractivity (Wildman–Crippen MR) is 76.0 cm³/mol. The summed E-state index contributed by atoms with van der Waals surface area (Å²) in [5.41, 5.74) is 0.846. The highest BCUT2D eigenvalue weighted by Gasteiger charge is 2.25. The Hall–Kier alpha value is -1.28.